The predicted molar refractivity (Wildman–Crippen MR) is 129 cm³/mol. The van der Waals surface area contributed by atoms with E-state index in [1.807, 2.05) is 6.92 Å². The molecular formula is C24H20BrClN2O5. The van der Waals surface area contributed by atoms with Crippen LogP contribution in [0.3, 0.4) is 0 Å². The number of amides is 1. The molecule has 0 aromatic heterocycles. The van der Waals surface area contributed by atoms with Crippen LogP contribution in [0.15, 0.2) is 76.3 Å². The molecule has 3 rings (SSSR count). The highest BCUT2D eigenvalue weighted by Gasteiger charge is 2.12. The molecule has 33 heavy (non-hydrogen) atoms. The van der Waals surface area contributed by atoms with Crippen molar-refractivity contribution in [2.75, 3.05) is 13.2 Å². The molecule has 0 atom stereocenters. The number of hydrogen-bond acceptors (Lipinski definition) is 6. The van der Waals surface area contributed by atoms with Crippen LogP contribution in [-0.4, -0.2) is 31.3 Å². The zero-order valence-electron chi connectivity index (χ0n) is 17.6. The van der Waals surface area contributed by atoms with Gasteiger partial charge in [-0.05, 0) is 61.5 Å². The second-order valence-electron chi connectivity index (χ2n) is 6.54. The number of rotatable bonds is 9. The number of nitrogens with one attached hydrogen (secondary N) is 1. The molecule has 0 bridgehead atoms. The van der Waals surface area contributed by atoms with Crippen LogP contribution < -0.4 is 19.6 Å². The van der Waals surface area contributed by atoms with E-state index < -0.39 is 11.9 Å². The predicted octanol–water partition coefficient (Wildman–Crippen LogP) is 5.25. The van der Waals surface area contributed by atoms with Gasteiger partial charge in [0.1, 0.15) is 17.2 Å². The number of hydrazone groups is 1. The number of carbonyl (C=O) groups is 2. The Labute approximate surface area is 204 Å². The Bertz CT molecular complexity index is 1150. The van der Waals surface area contributed by atoms with Gasteiger partial charge in [0.2, 0.25) is 0 Å². The smallest absolute Gasteiger partial charge is 0.343 e. The topological polar surface area (TPSA) is 86.2 Å². The average molecular weight is 532 g/mol. The first kappa shape index (κ1) is 24.3. The molecule has 0 unspecified atom stereocenters. The van der Waals surface area contributed by atoms with Gasteiger partial charge >= 0.3 is 5.97 Å². The fourth-order valence-electron chi connectivity index (χ4n) is 2.64. The maximum Gasteiger partial charge on any atom is 0.343 e. The van der Waals surface area contributed by atoms with Gasteiger partial charge in [-0.3, -0.25) is 4.79 Å². The first-order chi connectivity index (χ1) is 16.0. The summed E-state index contributed by atoms with van der Waals surface area (Å²) in [5.41, 5.74) is 3.22. The molecular weight excluding hydrogens is 512 g/mol. The lowest BCUT2D eigenvalue weighted by Crippen LogP contribution is -2.24. The van der Waals surface area contributed by atoms with Crippen molar-refractivity contribution in [1.82, 2.24) is 5.43 Å². The zero-order chi connectivity index (χ0) is 23.6. The van der Waals surface area contributed by atoms with Crippen LogP contribution in [-0.2, 0) is 4.79 Å². The van der Waals surface area contributed by atoms with Crippen molar-refractivity contribution in [3.8, 4) is 17.2 Å². The van der Waals surface area contributed by atoms with Gasteiger partial charge in [0.25, 0.3) is 5.91 Å². The van der Waals surface area contributed by atoms with Crippen LogP contribution in [0.2, 0.25) is 5.02 Å². The third-order valence-electron chi connectivity index (χ3n) is 4.16. The van der Waals surface area contributed by atoms with Crippen LogP contribution in [0.1, 0.15) is 22.8 Å². The number of hydrogen-bond donors (Lipinski definition) is 1. The van der Waals surface area contributed by atoms with E-state index in [-0.39, 0.29) is 12.4 Å². The minimum atomic E-state index is -0.535. The third kappa shape index (κ3) is 7.34. The van der Waals surface area contributed by atoms with E-state index in [9.17, 15) is 9.59 Å². The summed E-state index contributed by atoms with van der Waals surface area (Å²) in [6.45, 7) is 2.15. The zero-order valence-corrected chi connectivity index (χ0v) is 19.9. The lowest BCUT2D eigenvalue weighted by Gasteiger charge is -2.09. The van der Waals surface area contributed by atoms with Crippen LogP contribution in [0, 0.1) is 0 Å². The van der Waals surface area contributed by atoms with Gasteiger partial charge in [-0.2, -0.15) is 5.10 Å². The molecule has 0 radical (unpaired) electrons. The van der Waals surface area contributed by atoms with E-state index in [4.69, 9.17) is 25.8 Å². The Morgan fingerprint density at radius 3 is 2.52 bits per heavy atom. The first-order valence-corrected chi connectivity index (χ1v) is 11.1. The minimum absolute atomic E-state index is 0.265. The van der Waals surface area contributed by atoms with Crippen LogP contribution >= 0.6 is 27.5 Å². The number of benzene rings is 3. The summed E-state index contributed by atoms with van der Waals surface area (Å²) in [6.07, 6.45) is 1.37. The van der Waals surface area contributed by atoms with Crippen LogP contribution in [0.25, 0.3) is 0 Å². The normalized spacial score (nSPS) is 10.6. The summed E-state index contributed by atoms with van der Waals surface area (Å²) in [5, 5.41) is 4.33. The van der Waals surface area contributed by atoms with Crippen molar-refractivity contribution in [3.05, 3.63) is 87.4 Å². The lowest BCUT2D eigenvalue weighted by molar-refractivity contribution is -0.123. The van der Waals surface area contributed by atoms with E-state index in [0.717, 1.165) is 4.47 Å². The first-order valence-electron chi connectivity index (χ1n) is 9.90. The highest BCUT2D eigenvalue weighted by Crippen LogP contribution is 2.24. The second-order valence-corrected chi connectivity index (χ2v) is 7.86. The standard InChI is InChI=1S/C24H20BrClN2O5/c1-2-31-19-10-7-16(8-11-19)24(30)33-21-12-9-18(25)13-17(21)14-27-28-23(29)15-32-22-6-4-3-5-20(22)26/h3-14H,2,15H2,1H3,(H,28,29). The Kier molecular flexibility index (Phi) is 8.86. The number of carbonyl (C=O) groups excluding carboxylic acids is 2. The Hall–Kier alpha value is -3.36. The van der Waals surface area contributed by atoms with Gasteiger partial charge in [0, 0.05) is 10.0 Å². The molecule has 0 aliphatic rings. The molecule has 0 aliphatic carbocycles. The molecule has 3 aromatic carbocycles. The molecule has 0 fully saturated rings. The maximum absolute atomic E-state index is 12.5. The fraction of sp³-hybridized carbons (Fsp3) is 0.125. The second kappa shape index (κ2) is 12.0. The van der Waals surface area contributed by atoms with E-state index in [0.29, 0.717) is 34.3 Å². The minimum Gasteiger partial charge on any atom is -0.494 e. The van der Waals surface area contributed by atoms with Crippen molar-refractivity contribution >= 4 is 45.6 Å². The molecule has 0 spiro atoms. The van der Waals surface area contributed by atoms with Gasteiger partial charge in [0.15, 0.2) is 6.61 Å². The lowest BCUT2D eigenvalue weighted by atomic mass is 10.2. The molecule has 0 saturated carbocycles. The van der Waals surface area contributed by atoms with E-state index in [2.05, 4.69) is 26.5 Å². The summed E-state index contributed by atoms with van der Waals surface area (Å²) in [4.78, 5) is 24.5. The summed E-state index contributed by atoms with van der Waals surface area (Å²) >= 11 is 9.37. The molecule has 1 N–H and O–H groups in total. The molecule has 7 nitrogen and oxygen atoms in total. The maximum atomic E-state index is 12.5. The fourth-order valence-corrected chi connectivity index (χ4v) is 3.21. The van der Waals surface area contributed by atoms with Crippen molar-refractivity contribution < 1.29 is 23.8 Å². The summed E-state index contributed by atoms with van der Waals surface area (Å²) in [6, 6.07) is 18.5. The van der Waals surface area contributed by atoms with Crippen molar-refractivity contribution in [2.45, 2.75) is 6.92 Å². The van der Waals surface area contributed by atoms with Gasteiger partial charge in [-0.1, -0.05) is 39.7 Å². The van der Waals surface area contributed by atoms with Crippen molar-refractivity contribution in [2.24, 2.45) is 5.10 Å². The average Bonchev–Trinajstić information content (AvgIpc) is 2.81. The van der Waals surface area contributed by atoms with E-state index in [1.165, 1.54) is 6.21 Å². The van der Waals surface area contributed by atoms with E-state index >= 15 is 0 Å². The summed E-state index contributed by atoms with van der Waals surface area (Å²) in [5.74, 6) is 0.331. The summed E-state index contributed by atoms with van der Waals surface area (Å²) in [7, 11) is 0. The molecule has 170 valence electrons. The van der Waals surface area contributed by atoms with Gasteiger partial charge < -0.3 is 14.2 Å². The Morgan fingerprint density at radius 1 is 1.03 bits per heavy atom. The van der Waals surface area contributed by atoms with Crippen molar-refractivity contribution in [1.29, 1.82) is 0 Å². The van der Waals surface area contributed by atoms with Gasteiger partial charge in [-0.25, -0.2) is 10.2 Å². The number of nitrogens with zero attached hydrogens (tertiary/aromatic N) is 1. The summed E-state index contributed by atoms with van der Waals surface area (Å²) < 4.78 is 17.0. The highest BCUT2D eigenvalue weighted by molar-refractivity contribution is 9.10. The quantitative estimate of drug-likeness (QED) is 0.176. The third-order valence-corrected chi connectivity index (χ3v) is 4.97. The molecule has 9 heteroatoms. The molecule has 0 heterocycles. The number of halogens is 2. The Morgan fingerprint density at radius 2 is 1.79 bits per heavy atom. The van der Waals surface area contributed by atoms with Crippen LogP contribution in [0.5, 0.6) is 17.2 Å². The van der Waals surface area contributed by atoms with Crippen molar-refractivity contribution in [3.63, 3.8) is 0 Å². The van der Waals surface area contributed by atoms with Gasteiger partial charge in [0.05, 0.1) is 23.4 Å². The SMILES string of the molecule is CCOc1ccc(C(=O)Oc2ccc(Br)cc2C=NNC(=O)COc2ccccc2Cl)cc1. The number of para-hydroxylation sites is 1. The monoisotopic (exact) mass is 530 g/mol. The Balaban J connectivity index is 1.61. The molecule has 0 saturated heterocycles. The number of ether oxygens (including phenoxy) is 3. The highest BCUT2D eigenvalue weighted by atomic mass is 79.9. The largest absolute Gasteiger partial charge is 0.494 e. The molecule has 3 aromatic rings. The van der Waals surface area contributed by atoms with E-state index in [1.54, 1.807) is 66.7 Å². The van der Waals surface area contributed by atoms with Gasteiger partial charge in [-0.15, -0.1) is 0 Å². The van der Waals surface area contributed by atoms with Crippen LogP contribution in [0.4, 0.5) is 0 Å². The molecule has 0 aliphatic heterocycles. The molecule has 1 amide bonds. The number of esters is 1.